The fourth-order valence-electron chi connectivity index (χ4n) is 3.39. The molecule has 3 aromatic rings. The van der Waals surface area contributed by atoms with Crippen LogP contribution in [0.2, 0.25) is 0 Å². The second-order valence-electron chi connectivity index (χ2n) is 7.34. The molecule has 2 aromatic heterocycles. The number of hydrogen-bond donors (Lipinski definition) is 2. The first-order valence-electron chi connectivity index (χ1n) is 9.98. The molecular weight excluding hydrogens is 400 g/mol. The average Bonchev–Trinajstić information content (AvgIpc) is 2.96. The monoisotopic (exact) mass is 422 g/mol. The van der Waals surface area contributed by atoms with Crippen molar-refractivity contribution < 1.29 is 13.9 Å². The Kier molecular flexibility index (Phi) is 6.06. The highest BCUT2D eigenvalue weighted by Crippen LogP contribution is 2.21. The molecule has 1 aliphatic heterocycles. The van der Waals surface area contributed by atoms with Crippen molar-refractivity contribution in [3.63, 3.8) is 0 Å². The van der Waals surface area contributed by atoms with E-state index in [-0.39, 0.29) is 12.3 Å². The van der Waals surface area contributed by atoms with E-state index in [1.54, 1.807) is 37.6 Å². The lowest BCUT2D eigenvalue weighted by molar-refractivity contribution is -0.132. The molecule has 2 atom stereocenters. The SMILES string of the molecule is Cn1c(=O)oc2ccc(-c3ncc(C[C@H](C#N)NC(=O)[C@@H]4CNCCCO4)cn3)cc21. The molecule has 1 aromatic carbocycles. The van der Waals surface area contributed by atoms with Crippen LogP contribution in [0, 0.1) is 11.3 Å². The minimum atomic E-state index is -0.717. The van der Waals surface area contributed by atoms with Crippen LogP contribution in [0.3, 0.4) is 0 Å². The average molecular weight is 422 g/mol. The molecule has 0 spiro atoms. The third-order valence-corrected chi connectivity index (χ3v) is 5.11. The predicted octanol–water partition coefficient (Wildman–Crippen LogP) is 0.518. The summed E-state index contributed by atoms with van der Waals surface area (Å²) in [6.45, 7) is 1.74. The zero-order valence-corrected chi connectivity index (χ0v) is 17.0. The van der Waals surface area contributed by atoms with Crippen molar-refractivity contribution in [2.24, 2.45) is 7.05 Å². The zero-order chi connectivity index (χ0) is 21.8. The minimum absolute atomic E-state index is 0.276. The molecule has 4 rings (SSSR count). The van der Waals surface area contributed by atoms with Gasteiger partial charge in [-0.25, -0.2) is 14.8 Å². The summed E-state index contributed by atoms with van der Waals surface area (Å²) in [7, 11) is 1.63. The Bertz CT molecular complexity index is 1170. The molecule has 1 saturated heterocycles. The molecule has 0 radical (unpaired) electrons. The summed E-state index contributed by atoms with van der Waals surface area (Å²) >= 11 is 0. The number of nitrogens with one attached hydrogen (secondary N) is 2. The number of ether oxygens (including phenoxy) is 1. The molecule has 3 heterocycles. The molecule has 0 bridgehead atoms. The second-order valence-corrected chi connectivity index (χ2v) is 7.34. The topological polar surface area (TPSA) is 135 Å². The molecule has 0 aliphatic carbocycles. The molecule has 2 N–H and O–H groups in total. The summed E-state index contributed by atoms with van der Waals surface area (Å²) in [5, 5.41) is 15.3. The van der Waals surface area contributed by atoms with Crippen LogP contribution in [0.15, 0.2) is 39.8 Å². The van der Waals surface area contributed by atoms with E-state index in [0.717, 1.165) is 18.5 Å². The van der Waals surface area contributed by atoms with Crippen molar-refractivity contribution in [2.45, 2.75) is 25.0 Å². The van der Waals surface area contributed by atoms with Gasteiger partial charge in [-0.15, -0.1) is 0 Å². The number of amides is 1. The van der Waals surface area contributed by atoms with Gasteiger partial charge in [0.2, 0.25) is 0 Å². The summed E-state index contributed by atoms with van der Waals surface area (Å²) in [5.74, 6) is -0.259. The molecule has 0 saturated carbocycles. The van der Waals surface area contributed by atoms with Crippen LogP contribution >= 0.6 is 0 Å². The van der Waals surface area contributed by atoms with E-state index in [4.69, 9.17) is 9.15 Å². The maximum atomic E-state index is 12.4. The third kappa shape index (κ3) is 4.63. The predicted molar refractivity (Wildman–Crippen MR) is 111 cm³/mol. The largest absolute Gasteiger partial charge is 0.419 e. The second kappa shape index (κ2) is 9.07. The number of carbonyl (C=O) groups excluding carboxylic acids is 1. The lowest BCUT2D eigenvalue weighted by Crippen LogP contribution is -2.46. The van der Waals surface area contributed by atoms with Crippen LogP contribution in [0.5, 0.6) is 0 Å². The van der Waals surface area contributed by atoms with E-state index < -0.39 is 17.9 Å². The van der Waals surface area contributed by atoms with Crippen molar-refractivity contribution in [3.8, 4) is 17.5 Å². The first-order valence-corrected chi connectivity index (χ1v) is 9.98. The zero-order valence-electron chi connectivity index (χ0n) is 17.0. The highest BCUT2D eigenvalue weighted by Gasteiger charge is 2.23. The van der Waals surface area contributed by atoms with Gasteiger partial charge in [-0.3, -0.25) is 9.36 Å². The van der Waals surface area contributed by atoms with Gasteiger partial charge in [-0.2, -0.15) is 5.26 Å². The smallest absolute Gasteiger partial charge is 0.408 e. The van der Waals surface area contributed by atoms with Gasteiger partial charge in [-0.1, -0.05) is 0 Å². The highest BCUT2D eigenvalue weighted by atomic mass is 16.5. The van der Waals surface area contributed by atoms with E-state index in [1.807, 2.05) is 0 Å². The third-order valence-electron chi connectivity index (χ3n) is 5.11. The Morgan fingerprint density at radius 3 is 3.00 bits per heavy atom. The van der Waals surface area contributed by atoms with E-state index >= 15 is 0 Å². The Morgan fingerprint density at radius 1 is 1.42 bits per heavy atom. The Morgan fingerprint density at radius 2 is 2.23 bits per heavy atom. The van der Waals surface area contributed by atoms with Crippen LogP contribution in [-0.4, -0.2) is 52.3 Å². The van der Waals surface area contributed by atoms with Crippen LogP contribution in [0.4, 0.5) is 0 Å². The van der Waals surface area contributed by atoms with Crippen molar-refractivity contribution in [1.82, 2.24) is 25.2 Å². The minimum Gasteiger partial charge on any atom is -0.408 e. The van der Waals surface area contributed by atoms with Crippen LogP contribution in [0.1, 0.15) is 12.0 Å². The molecular formula is C21H22N6O4. The quantitative estimate of drug-likeness (QED) is 0.607. The summed E-state index contributed by atoms with van der Waals surface area (Å²) < 4.78 is 12.1. The lowest BCUT2D eigenvalue weighted by Gasteiger charge is -2.17. The molecule has 10 nitrogen and oxygen atoms in total. The van der Waals surface area contributed by atoms with Gasteiger partial charge in [0.25, 0.3) is 5.91 Å². The van der Waals surface area contributed by atoms with E-state index in [9.17, 15) is 14.9 Å². The Hall–Kier alpha value is -3.55. The van der Waals surface area contributed by atoms with Crippen molar-refractivity contribution >= 4 is 17.0 Å². The normalized spacial score (nSPS) is 17.6. The van der Waals surface area contributed by atoms with Gasteiger partial charge in [0.15, 0.2) is 11.4 Å². The lowest BCUT2D eigenvalue weighted by atomic mass is 10.1. The van der Waals surface area contributed by atoms with Gasteiger partial charge < -0.3 is 19.8 Å². The molecule has 1 aliphatic rings. The van der Waals surface area contributed by atoms with Crippen molar-refractivity contribution in [3.05, 3.63) is 46.7 Å². The molecule has 0 unspecified atom stereocenters. The highest BCUT2D eigenvalue weighted by molar-refractivity contribution is 5.81. The summed E-state index contributed by atoms with van der Waals surface area (Å²) in [4.78, 5) is 32.8. The number of hydrogen-bond acceptors (Lipinski definition) is 8. The number of oxazole rings is 1. The van der Waals surface area contributed by atoms with E-state index in [0.29, 0.717) is 35.6 Å². The maximum Gasteiger partial charge on any atom is 0.419 e. The Labute approximate surface area is 177 Å². The van der Waals surface area contributed by atoms with Gasteiger partial charge in [0, 0.05) is 44.6 Å². The molecule has 31 heavy (non-hydrogen) atoms. The fourth-order valence-corrected chi connectivity index (χ4v) is 3.39. The van der Waals surface area contributed by atoms with E-state index in [2.05, 4.69) is 26.7 Å². The first kappa shape index (κ1) is 20.7. The Balaban J connectivity index is 1.43. The molecule has 1 fully saturated rings. The van der Waals surface area contributed by atoms with Crippen LogP contribution < -0.4 is 16.4 Å². The number of aromatic nitrogens is 3. The van der Waals surface area contributed by atoms with Gasteiger partial charge in [0.05, 0.1) is 11.6 Å². The van der Waals surface area contributed by atoms with Crippen LogP contribution in [0.25, 0.3) is 22.5 Å². The number of rotatable bonds is 5. The standard InChI is InChI=1S/C21H22N6O4/c1-27-16-8-14(3-4-17(16)31-21(27)29)19-24-10-13(11-25-19)7-15(9-22)26-20(28)18-12-23-5-2-6-30-18/h3-4,8,10-11,15,18,23H,2,5-7,12H2,1H3,(H,26,28)/t15-,18+/m1/s1. The number of carbonyl (C=O) groups is 1. The number of nitrogens with zero attached hydrogens (tertiary/aromatic N) is 4. The van der Waals surface area contributed by atoms with Crippen molar-refractivity contribution in [1.29, 1.82) is 5.26 Å². The van der Waals surface area contributed by atoms with Gasteiger partial charge >= 0.3 is 5.76 Å². The molecule has 1 amide bonds. The van der Waals surface area contributed by atoms with Crippen LogP contribution in [-0.2, 0) is 23.0 Å². The number of nitriles is 1. The van der Waals surface area contributed by atoms with Gasteiger partial charge in [0.1, 0.15) is 12.1 Å². The summed E-state index contributed by atoms with van der Waals surface area (Å²) in [6.07, 6.45) is 3.77. The maximum absolute atomic E-state index is 12.4. The number of aryl methyl sites for hydroxylation is 1. The molecule has 10 heteroatoms. The molecule has 160 valence electrons. The summed E-state index contributed by atoms with van der Waals surface area (Å²) in [6, 6.07) is 6.65. The van der Waals surface area contributed by atoms with Crippen molar-refractivity contribution in [2.75, 3.05) is 19.7 Å². The first-order chi connectivity index (χ1) is 15.0. The summed E-state index contributed by atoms with van der Waals surface area (Å²) in [5.41, 5.74) is 2.59. The van der Waals surface area contributed by atoms with Gasteiger partial charge in [-0.05, 0) is 36.7 Å². The fraction of sp³-hybridized carbons (Fsp3) is 0.381. The number of benzene rings is 1. The number of fused-ring (bicyclic) bond motifs is 1. The van der Waals surface area contributed by atoms with E-state index in [1.165, 1.54) is 4.57 Å².